The third-order valence-corrected chi connectivity index (χ3v) is 7.32. The first kappa shape index (κ1) is 28.4. The third-order valence-electron chi connectivity index (χ3n) is 7.32. The van der Waals surface area contributed by atoms with Crippen LogP contribution in [-0.4, -0.2) is 63.1 Å². The molecule has 38 heavy (non-hydrogen) atoms. The van der Waals surface area contributed by atoms with Crippen molar-refractivity contribution in [3.8, 4) is 17.2 Å². The van der Waals surface area contributed by atoms with Crippen molar-refractivity contribution in [2.45, 2.75) is 58.8 Å². The molecule has 0 aromatic heterocycles. The van der Waals surface area contributed by atoms with Gasteiger partial charge in [0.25, 0.3) is 0 Å². The highest BCUT2D eigenvalue weighted by Crippen LogP contribution is 2.44. The second-order valence-corrected chi connectivity index (χ2v) is 11.0. The first-order valence-electron chi connectivity index (χ1n) is 13.6. The molecular formula is C29H43FN4O4. The number of fused-ring (bicyclic) bond motifs is 1. The lowest BCUT2D eigenvalue weighted by Gasteiger charge is -2.34. The zero-order valence-corrected chi connectivity index (χ0v) is 23.6. The maximum absolute atomic E-state index is 15.6. The Kier molecular flexibility index (Phi) is 8.72. The molecule has 0 bridgehead atoms. The number of aliphatic hydroxyl groups excluding tert-OH is 1. The van der Waals surface area contributed by atoms with Gasteiger partial charge in [-0.25, -0.2) is 4.39 Å². The van der Waals surface area contributed by atoms with Crippen LogP contribution in [0.4, 0.5) is 10.1 Å². The Labute approximate surface area is 225 Å². The molecular weight excluding hydrogens is 487 g/mol. The van der Waals surface area contributed by atoms with Gasteiger partial charge in [0.2, 0.25) is 0 Å². The first-order valence-corrected chi connectivity index (χ1v) is 13.6. The normalized spacial score (nSPS) is 18.9. The molecule has 2 heterocycles. The van der Waals surface area contributed by atoms with Crippen molar-refractivity contribution in [1.82, 2.24) is 10.2 Å². The Balaban J connectivity index is 1.65. The van der Waals surface area contributed by atoms with Crippen LogP contribution in [-0.2, 0) is 12.0 Å². The van der Waals surface area contributed by atoms with E-state index in [1.807, 2.05) is 30.0 Å². The van der Waals surface area contributed by atoms with Gasteiger partial charge in [-0.1, -0.05) is 20.8 Å². The fourth-order valence-electron chi connectivity index (χ4n) is 5.41. The fraction of sp³-hybridized carbons (Fsp3) is 0.586. The molecule has 9 heteroatoms. The first-order chi connectivity index (χ1) is 18.1. The maximum Gasteiger partial charge on any atom is 0.197 e. The summed E-state index contributed by atoms with van der Waals surface area (Å²) in [7, 11) is 1.70. The van der Waals surface area contributed by atoms with E-state index in [1.165, 1.54) is 0 Å². The lowest BCUT2D eigenvalue weighted by Crippen LogP contribution is -2.43. The van der Waals surface area contributed by atoms with Gasteiger partial charge in [-0.05, 0) is 48.6 Å². The van der Waals surface area contributed by atoms with Gasteiger partial charge in [-0.15, -0.1) is 0 Å². The van der Waals surface area contributed by atoms with E-state index in [2.05, 4.69) is 31.0 Å². The maximum atomic E-state index is 15.6. The van der Waals surface area contributed by atoms with Gasteiger partial charge in [0.1, 0.15) is 5.75 Å². The lowest BCUT2D eigenvalue weighted by molar-refractivity contribution is 0.0921. The van der Waals surface area contributed by atoms with Gasteiger partial charge >= 0.3 is 0 Å². The van der Waals surface area contributed by atoms with Crippen LogP contribution in [0.25, 0.3) is 0 Å². The van der Waals surface area contributed by atoms with E-state index in [0.717, 1.165) is 54.3 Å². The summed E-state index contributed by atoms with van der Waals surface area (Å²) < 4.78 is 32.7. The minimum atomic E-state index is -0.829. The quantitative estimate of drug-likeness (QED) is 0.450. The highest BCUT2D eigenvalue weighted by atomic mass is 19.1. The number of nitrogens with zero attached hydrogens (tertiary/aromatic N) is 2. The third kappa shape index (κ3) is 5.57. The number of hydrogen-bond acceptors (Lipinski definition) is 8. The molecule has 0 radical (unpaired) electrons. The molecule has 2 atom stereocenters. The minimum Gasteiger partial charge on any atom is -0.494 e. The molecule has 2 aromatic rings. The van der Waals surface area contributed by atoms with E-state index in [0.29, 0.717) is 31.1 Å². The highest BCUT2D eigenvalue weighted by molar-refractivity contribution is 5.66. The number of benzene rings is 2. The number of hydrogen-bond donors (Lipinski definition) is 3. The van der Waals surface area contributed by atoms with E-state index < -0.39 is 18.1 Å². The predicted molar refractivity (Wildman–Crippen MR) is 148 cm³/mol. The van der Waals surface area contributed by atoms with Crippen molar-refractivity contribution in [3.05, 3.63) is 46.3 Å². The Morgan fingerprint density at radius 1 is 1.11 bits per heavy atom. The second kappa shape index (κ2) is 11.7. The van der Waals surface area contributed by atoms with E-state index in [-0.39, 0.29) is 17.7 Å². The smallest absolute Gasteiger partial charge is 0.197 e. The zero-order valence-electron chi connectivity index (χ0n) is 23.6. The van der Waals surface area contributed by atoms with Crippen LogP contribution < -0.4 is 30.2 Å². The molecule has 0 aliphatic carbocycles. The van der Waals surface area contributed by atoms with Crippen molar-refractivity contribution in [2.75, 3.05) is 57.9 Å². The van der Waals surface area contributed by atoms with Crippen LogP contribution in [0.5, 0.6) is 17.2 Å². The molecule has 4 N–H and O–H groups in total. The molecule has 1 fully saturated rings. The van der Waals surface area contributed by atoms with E-state index >= 15 is 4.39 Å². The van der Waals surface area contributed by atoms with Gasteiger partial charge in [0.05, 0.1) is 38.3 Å². The Morgan fingerprint density at radius 2 is 1.79 bits per heavy atom. The summed E-state index contributed by atoms with van der Waals surface area (Å²) in [4.78, 5) is 4.20. The largest absolute Gasteiger partial charge is 0.494 e. The van der Waals surface area contributed by atoms with Gasteiger partial charge in [0, 0.05) is 50.4 Å². The van der Waals surface area contributed by atoms with Crippen LogP contribution in [0.15, 0.2) is 18.2 Å². The van der Waals surface area contributed by atoms with Gasteiger partial charge in [0.15, 0.2) is 17.3 Å². The lowest BCUT2D eigenvalue weighted by atomic mass is 9.84. The molecule has 2 aromatic carbocycles. The standard InChI is InChI=1S/C29H43FN4O4/c1-7-37-23-15-19-16-34(28(31)24(19)25(30)27(23)38-8-2)17-22(35)18-13-20(29(3,4)5)26(36-6)21(14-18)33-11-9-32-10-12-33/h13-15,22,28,32,35H,7-12,16-17,31H2,1-6H3. The summed E-state index contributed by atoms with van der Waals surface area (Å²) in [5.41, 5.74) is 10.3. The zero-order chi connectivity index (χ0) is 27.6. The number of nitrogens with one attached hydrogen (secondary N) is 1. The SMILES string of the molecule is CCOc1cc2c(c(F)c1OCC)C(N)N(CC(O)c1cc(N3CCNCC3)c(OC)c(C(C)(C)C)c1)C2. The van der Waals surface area contributed by atoms with Crippen LogP contribution in [0, 0.1) is 5.82 Å². The van der Waals surface area contributed by atoms with Crippen LogP contribution in [0.3, 0.4) is 0 Å². The van der Waals surface area contributed by atoms with Crippen molar-refractivity contribution >= 4 is 5.69 Å². The number of β-amino-alcohol motifs (C(OH)–C–C–N with tert-alkyl or cyclic N) is 1. The molecule has 0 saturated carbocycles. The second-order valence-electron chi connectivity index (χ2n) is 11.0. The number of methoxy groups -OCH3 is 1. The number of aliphatic hydroxyl groups is 1. The number of anilines is 1. The van der Waals surface area contributed by atoms with Crippen LogP contribution in [0.1, 0.15) is 69.1 Å². The average molecular weight is 531 g/mol. The Morgan fingerprint density at radius 3 is 2.39 bits per heavy atom. The molecule has 2 aliphatic heterocycles. The number of halogens is 1. The molecule has 4 rings (SSSR count). The van der Waals surface area contributed by atoms with Crippen molar-refractivity contribution in [2.24, 2.45) is 5.73 Å². The van der Waals surface area contributed by atoms with Gasteiger partial charge < -0.3 is 35.3 Å². The van der Waals surface area contributed by atoms with Crippen molar-refractivity contribution in [3.63, 3.8) is 0 Å². The van der Waals surface area contributed by atoms with Crippen LogP contribution >= 0.6 is 0 Å². The molecule has 0 spiro atoms. The summed E-state index contributed by atoms with van der Waals surface area (Å²) in [6.45, 7) is 15.0. The molecule has 0 amide bonds. The molecule has 1 saturated heterocycles. The van der Waals surface area contributed by atoms with Crippen LogP contribution in [0.2, 0.25) is 0 Å². The number of rotatable bonds is 9. The summed E-state index contributed by atoms with van der Waals surface area (Å²) >= 11 is 0. The Hall–Kier alpha value is -2.59. The summed E-state index contributed by atoms with van der Waals surface area (Å²) in [6, 6.07) is 5.87. The molecule has 2 unspecified atom stereocenters. The van der Waals surface area contributed by atoms with Crippen molar-refractivity contribution < 1.29 is 23.7 Å². The number of ether oxygens (including phenoxy) is 3. The minimum absolute atomic E-state index is 0.0941. The molecule has 2 aliphatic rings. The summed E-state index contributed by atoms with van der Waals surface area (Å²) in [5, 5.41) is 14.9. The van der Waals surface area contributed by atoms with Gasteiger partial charge in [-0.2, -0.15) is 0 Å². The topological polar surface area (TPSA) is 92.5 Å². The average Bonchev–Trinajstić information content (AvgIpc) is 3.20. The van der Waals surface area contributed by atoms with E-state index in [9.17, 15) is 5.11 Å². The van der Waals surface area contributed by atoms with Crippen molar-refractivity contribution in [1.29, 1.82) is 0 Å². The summed E-state index contributed by atoms with van der Waals surface area (Å²) in [5.74, 6) is 0.828. The van der Waals surface area contributed by atoms with E-state index in [4.69, 9.17) is 19.9 Å². The number of nitrogens with two attached hydrogens (primary N) is 1. The highest BCUT2D eigenvalue weighted by Gasteiger charge is 2.36. The van der Waals surface area contributed by atoms with Gasteiger partial charge in [-0.3, -0.25) is 4.90 Å². The molecule has 8 nitrogen and oxygen atoms in total. The predicted octanol–water partition coefficient (Wildman–Crippen LogP) is 3.85. The van der Waals surface area contributed by atoms with E-state index in [1.54, 1.807) is 14.0 Å². The number of piperazine rings is 1. The monoisotopic (exact) mass is 530 g/mol. The summed E-state index contributed by atoms with van der Waals surface area (Å²) in [6.07, 6.45) is -1.53. The fourth-order valence-corrected chi connectivity index (χ4v) is 5.41. The Bertz CT molecular complexity index is 1130. The molecule has 210 valence electrons.